The molecule has 1 aromatic rings. The Bertz CT molecular complexity index is 1660. The number of aliphatic hydroxyl groups is 7. The van der Waals surface area contributed by atoms with E-state index in [0.29, 0.717) is 28.4 Å². The maximum Gasteiger partial charge on any atom is 0.264 e. The van der Waals surface area contributed by atoms with E-state index in [-0.39, 0.29) is 13.0 Å². The Balaban J connectivity index is 0.000000232. The van der Waals surface area contributed by atoms with Gasteiger partial charge in [0.2, 0.25) is 0 Å². The number of nitrogens with zero attached hydrogens (tertiary/aromatic N) is 2. The topological polar surface area (TPSA) is 344 Å². The van der Waals surface area contributed by atoms with Gasteiger partial charge in [0.25, 0.3) is 10.0 Å². The lowest BCUT2D eigenvalue weighted by Gasteiger charge is -2.48. The van der Waals surface area contributed by atoms with Gasteiger partial charge < -0.3 is 82.5 Å². The molecule has 4 fully saturated rings. The zero-order chi connectivity index (χ0) is 44.2. The molecule has 0 aromatic heterocycles. The molecule has 1 saturated carbocycles. The van der Waals surface area contributed by atoms with Gasteiger partial charge in [0.1, 0.15) is 71.8 Å². The molecule has 3 saturated heterocycles. The second-order valence-electron chi connectivity index (χ2n) is 17.0. The van der Waals surface area contributed by atoms with Gasteiger partial charge in [-0.1, -0.05) is 43.7 Å². The van der Waals surface area contributed by atoms with E-state index < -0.39 is 108 Å². The minimum atomic E-state index is -3.54. The predicted octanol–water partition coefficient (Wildman–Crippen LogP) is -3.87. The molecule has 0 amide bonds. The van der Waals surface area contributed by atoms with Crippen LogP contribution in [-0.2, 0) is 29.0 Å². The number of amidine groups is 1. The molecule has 5 aliphatic rings. The van der Waals surface area contributed by atoms with Gasteiger partial charge in [-0.25, -0.2) is 8.42 Å². The number of benzene rings is 1. The van der Waals surface area contributed by atoms with Crippen molar-refractivity contribution in [3.8, 4) is 0 Å². The SMILES string of the molecule is CC1=C(c2ccc(C)cc2)S(=O)(=O)NC1=NCCCN1CC(C)CC(C)C1.NC[C@H]1O[C@H](O[C@H]2[C@H](O)[C@@H](O[C@H]3O[C@H](CO)[C@@H](O)[C@H](N)[C@H]3O)[C@H](N)C[C@@H]2N)[C@H](O)[C@@H](O)[C@@H]1O. The van der Waals surface area contributed by atoms with Crippen molar-refractivity contribution < 1.29 is 63.1 Å². The molecular formula is C39H67N7O13S. The number of aliphatic imine (C=N–C) groups is 1. The molecule has 0 bridgehead atoms. The molecule has 0 spiro atoms. The summed E-state index contributed by atoms with van der Waals surface area (Å²) in [5.74, 6) is 2.00. The van der Waals surface area contributed by atoms with E-state index in [1.165, 1.54) is 6.42 Å². The molecule has 17 atom stereocenters. The quantitative estimate of drug-likeness (QED) is 0.0947. The van der Waals surface area contributed by atoms with Gasteiger partial charge in [-0.2, -0.15) is 0 Å². The van der Waals surface area contributed by atoms with Crippen LogP contribution in [-0.4, -0.2) is 186 Å². The Kier molecular flexibility index (Phi) is 17.0. The fourth-order valence-electron chi connectivity index (χ4n) is 8.65. The van der Waals surface area contributed by atoms with Gasteiger partial charge in [-0.15, -0.1) is 0 Å². The molecule has 21 heteroatoms. The summed E-state index contributed by atoms with van der Waals surface area (Å²) in [6.45, 7) is 11.7. The highest BCUT2D eigenvalue weighted by molar-refractivity contribution is 8.00. The Morgan fingerprint density at radius 2 is 1.37 bits per heavy atom. The summed E-state index contributed by atoms with van der Waals surface area (Å²) in [5, 5.41) is 70.9. The van der Waals surface area contributed by atoms with Gasteiger partial charge in [-0.05, 0) is 57.1 Å². The summed E-state index contributed by atoms with van der Waals surface area (Å²) in [4.78, 5) is 7.42. The summed E-state index contributed by atoms with van der Waals surface area (Å²) in [7, 11) is -3.54. The highest BCUT2D eigenvalue weighted by atomic mass is 32.2. The van der Waals surface area contributed by atoms with Crippen molar-refractivity contribution in [2.24, 2.45) is 39.8 Å². The number of aryl methyl sites for hydroxylation is 1. The van der Waals surface area contributed by atoms with Crippen LogP contribution >= 0.6 is 0 Å². The zero-order valence-corrected chi connectivity index (χ0v) is 35.5. The maximum atomic E-state index is 12.6. The second kappa shape index (κ2) is 20.9. The highest BCUT2D eigenvalue weighted by Gasteiger charge is 2.51. The first-order valence-corrected chi connectivity index (χ1v) is 22.1. The van der Waals surface area contributed by atoms with Crippen molar-refractivity contribution in [2.45, 2.75) is 139 Å². The molecule has 342 valence electrons. The van der Waals surface area contributed by atoms with E-state index in [1.54, 1.807) is 0 Å². The van der Waals surface area contributed by atoms with Gasteiger partial charge >= 0.3 is 0 Å². The van der Waals surface area contributed by atoms with Crippen LogP contribution in [0.4, 0.5) is 0 Å². The molecule has 60 heavy (non-hydrogen) atoms. The first-order chi connectivity index (χ1) is 28.3. The van der Waals surface area contributed by atoms with Crippen LogP contribution in [0.25, 0.3) is 4.91 Å². The highest BCUT2D eigenvalue weighted by Crippen LogP contribution is 2.32. The van der Waals surface area contributed by atoms with E-state index in [1.807, 2.05) is 38.1 Å². The van der Waals surface area contributed by atoms with Crippen molar-refractivity contribution >= 4 is 20.8 Å². The minimum Gasteiger partial charge on any atom is -0.394 e. The lowest BCUT2D eigenvalue weighted by Crippen LogP contribution is -2.68. The lowest BCUT2D eigenvalue weighted by atomic mass is 9.84. The van der Waals surface area contributed by atoms with Crippen molar-refractivity contribution in [3.05, 3.63) is 41.0 Å². The largest absolute Gasteiger partial charge is 0.394 e. The number of rotatable bonds is 11. The van der Waals surface area contributed by atoms with Crippen LogP contribution in [0.2, 0.25) is 0 Å². The fourth-order valence-corrected chi connectivity index (χ4v) is 10.2. The normalized spacial score (nSPS) is 41.8. The zero-order valence-electron chi connectivity index (χ0n) is 34.7. The average molecular weight is 874 g/mol. The maximum absolute atomic E-state index is 12.6. The smallest absolute Gasteiger partial charge is 0.264 e. The van der Waals surface area contributed by atoms with E-state index in [0.717, 1.165) is 43.5 Å². The molecule has 6 rings (SSSR count). The predicted molar refractivity (Wildman–Crippen MR) is 220 cm³/mol. The number of sulfonamides is 1. The number of ether oxygens (including phenoxy) is 4. The minimum absolute atomic E-state index is 0.0849. The molecule has 20 nitrogen and oxygen atoms in total. The van der Waals surface area contributed by atoms with Crippen LogP contribution < -0.4 is 27.7 Å². The van der Waals surface area contributed by atoms with Crippen molar-refractivity contribution in [3.63, 3.8) is 0 Å². The number of likely N-dealkylation sites (tertiary alicyclic amines) is 1. The number of aliphatic hydroxyl groups excluding tert-OH is 7. The standard InChI is InChI=1S/C21H31N3O2S.C18H36N4O11/c1-15-6-8-19(9-7-15)20-18(4)21(23-27(20,25)26)22-10-5-11-24-13-16(2)12-17(3)14-24;19-2-6-10(25)12(27)13(28)18(30-6)33-16-5(21)1-4(20)15(14(16)29)32-17-11(26)8(22)9(24)7(3-23)31-17/h6-9,16-17H,5,10-14H2,1-4H3,(H,22,23);4-18,23-29H,1-3,19-22H2/t;4-,5+,6-,7-,8+,9-,10-,11-,12+,13-,14-,15+,16-,17-,18-/m.1/s1. The summed E-state index contributed by atoms with van der Waals surface area (Å²) in [6.07, 6.45) is -14.2. The molecule has 2 unspecified atom stereocenters. The molecule has 0 radical (unpaired) electrons. The van der Waals surface area contributed by atoms with Crippen LogP contribution in [0.3, 0.4) is 0 Å². The van der Waals surface area contributed by atoms with Crippen LogP contribution in [0, 0.1) is 18.8 Å². The van der Waals surface area contributed by atoms with E-state index >= 15 is 0 Å². The van der Waals surface area contributed by atoms with Gasteiger partial charge in [0.05, 0.1) is 12.6 Å². The molecular weight excluding hydrogens is 807 g/mol. The third-order valence-electron chi connectivity index (χ3n) is 11.8. The molecule has 4 heterocycles. The molecule has 1 aliphatic carbocycles. The average Bonchev–Trinajstić information content (AvgIpc) is 3.43. The fraction of sp³-hybridized carbons (Fsp3) is 0.769. The van der Waals surface area contributed by atoms with Crippen molar-refractivity contribution in [1.29, 1.82) is 0 Å². The molecule has 4 aliphatic heterocycles. The van der Waals surface area contributed by atoms with Gasteiger partial charge in [0, 0.05) is 43.8 Å². The lowest BCUT2D eigenvalue weighted by molar-refractivity contribution is -0.332. The van der Waals surface area contributed by atoms with E-state index in [4.69, 9.17) is 41.9 Å². The van der Waals surface area contributed by atoms with E-state index in [2.05, 4.69) is 28.5 Å². The number of hydrogen-bond acceptors (Lipinski definition) is 19. The van der Waals surface area contributed by atoms with Crippen LogP contribution in [0.1, 0.15) is 51.2 Å². The number of nitrogens with two attached hydrogens (primary N) is 4. The number of piperidine rings is 1. The monoisotopic (exact) mass is 873 g/mol. The summed E-state index contributed by atoms with van der Waals surface area (Å²) >= 11 is 0. The van der Waals surface area contributed by atoms with Gasteiger partial charge in [0.15, 0.2) is 12.6 Å². The Morgan fingerprint density at radius 1 is 0.800 bits per heavy atom. The van der Waals surface area contributed by atoms with Crippen LogP contribution in [0.15, 0.2) is 34.8 Å². The summed E-state index contributed by atoms with van der Waals surface area (Å²) < 4.78 is 49.9. The number of nitrogens with one attached hydrogen (secondary N) is 1. The van der Waals surface area contributed by atoms with Crippen molar-refractivity contribution in [2.75, 3.05) is 39.3 Å². The Hall–Kier alpha value is -2.26. The first kappa shape index (κ1) is 48.8. The molecule has 1 aromatic carbocycles. The Morgan fingerprint density at radius 3 is 1.93 bits per heavy atom. The summed E-state index contributed by atoms with van der Waals surface area (Å²) in [6, 6.07) is 4.71. The number of hydrogen-bond donors (Lipinski definition) is 12. The Labute approximate surface area is 351 Å². The third kappa shape index (κ3) is 11.3. The third-order valence-corrected chi connectivity index (χ3v) is 13.4. The molecule has 16 N–H and O–H groups in total. The van der Waals surface area contributed by atoms with E-state index in [9.17, 15) is 44.2 Å². The first-order valence-electron chi connectivity index (χ1n) is 20.6. The van der Waals surface area contributed by atoms with Gasteiger partial charge in [-0.3, -0.25) is 9.71 Å². The van der Waals surface area contributed by atoms with Crippen molar-refractivity contribution in [1.82, 2.24) is 9.62 Å². The van der Waals surface area contributed by atoms with Crippen LogP contribution in [0.5, 0.6) is 0 Å². The second-order valence-corrected chi connectivity index (χ2v) is 18.6. The summed E-state index contributed by atoms with van der Waals surface area (Å²) in [5.41, 5.74) is 26.0.